The summed E-state index contributed by atoms with van der Waals surface area (Å²) in [5.74, 6) is 0.565. The maximum Gasteiger partial charge on any atom is 0.326 e. The summed E-state index contributed by atoms with van der Waals surface area (Å²) in [6.45, 7) is 2.16. The summed E-state index contributed by atoms with van der Waals surface area (Å²) in [5, 5.41) is 9.18. The van der Waals surface area contributed by atoms with Crippen molar-refractivity contribution in [3.05, 3.63) is 0 Å². The van der Waals surface area contributed by atoms with E-state index in [4.69, 9.17) is 4.74 Å². The molecule has 0 saturated heterocycles. The van der Waals surface area contributed by atoms with Crippen molar-refractivity contribution in [2.45, 2.75) is 32.6 Å². The number of fused-ring (bicyclic) bond motifs is 2. The van der Waals surface area contributed by atoms with Gasteiger partial charge in [-0.3, -0.25) is 4.79 Å². The van der Waals surface area contributed by atoms with Gasteiger partial charge in [-0.1, -0.05) is 6.42 Å². The maximum atomic E-state index is 11.7. The fourth-order valence-corrected chi connectivity index (χ4v) is 3.02. The highest BCUT2D eigenvalue weighted by atomic mass is 16.5. The van der Waals surface area contributed by atoms with Crippen molar-refractivity contribution in [3.8, 4) is 6.07 Å². The van der Waals surface area contributed by atoms with Gasteiger partial charge in [0.1, 0.15) is 0 Å². The Morgan fingerprint density at radius 2 is 2.43 bits per heavy atom. The van der Waals surface area contributed by atoms with Crippen LogP contribution in [0.15, 0.2) is 0 Å². The molecule has 14 heavy (non-hydrogen) atoms. The highest BCUT2D eigenvalue weighted by Gasteiger charge is 2.57. The normalized spacial score (nSPS) is 39.4. The molecular formula is C11H15NO2. The SMILES string of the molecule is CCOC(=O)C1(C#N)CC2CCC1C2. The van der Waals surface area contributed by atoms with Gasteiger partial charge >= 0.3 is 5.97 Å². The standard InChI is InChI=1S/C11H15NO2/c1-2-14-10(13)11(7-12)6-8-3-4-9(11)5-8/h8-9H,2-6H2,1H3. The van der Waals surface area contributed by atoms with Gasteiger partial charge in [0.05, 0.1) is 12.7 Å². The average molecular weight is 193 g/mol. The molecule has 2 bridgehead atoms. The van der Waals surface area contributed by atoms with E-state index in [1.807, 2.05) is 0 Å². The highest BCUT2D eigenvalue weighted by Crippen LogP contribution is 2.56. The largest absolute Gasteiger partial charge is 0.465 e. The Morgan fingerprint density at radius 1 is 1.64 bits per heavy atom. The molecule has 2 saturated carbocycles. The van der Waals surface area contributed by atoms with Crippen LogP contribution >= 0.6 is 0 Å². The molecule has 3 heteroatoms. The van der Waals surface area contributed by atoms with Gasteiger partial charge in [0.2, 0.25) is 0 Å². The molecule has 2 aliphatic rings. The van der Waals surface area contributed by atoms with E-state index < -0.39 is 5.41 Å². The van der Waals surface area contributed by atoms with E-state index in [2.05, 4.69) is 6.07 Å². The minimum atomic E-state index is -0.793. The Morgan fingerprint density at radius 3 is 2.86 bits per heavy atom. The van der Waals surface area contributed by atoms with Gasteiger partial charge in [-0.05, 0) is 38.0 Å². The molecule has 0 N–H and O–H groups in total. The molecule has 3 nitrogen and oxygen atoms in total. The van der Waals surface area contributed by atoms with Crippen molar-refractivity contribution in [1.29, 1.82) is 5.26 Å². The fourth-order valence-electron chi connectivity index (χ4n) is 3.02. The summed E-state index contributed by atoms with van der Waals surface area (Å²) < 4.78 is 5.01. The van der Waals surface area contributed by atoms with Crippen molar-refractivity contribution in [2.75, 3.05) is 6.61 Å². The smallest absolute Gasteiger partial charge is 0.326 e. The maximum absolute atomic E-state index is 11.7. The number of carbonyl (C=O) groups excluding carboxylic acids is 1. The number of nitriles is 1. The number of hydrogen-bond acceptors (Lipinski definition) is 3. The van der Waals surface area contributed by atoms with E-state index in [0.717, 1.165) is 19.3 Å². The molecule has 0 radical (unpaired) electrons. The summed E-state index contributed by atoms with van der Waals surface area (Å²) in [7, 11) is 0. The lowest BCUT2D eigenvalue weighted by atomic mass is 9.74. The molecule has 0 aliphatic heterocycles. The Hall–Kier alpha value is -1.04. The van der Waals surface area contributed by atoms with Crippen molar-refractivity contribution in [3.63, 3.8) is 0 Å². The van der Waals surface area contributed by atoms with Crippen LogP contribution < -0.4 is 0 Å². The van der Waals surface area contributed by atoms with Crippen LogP contribution in [0.3, 0.4) is 0 Å². The summed E-state index contributed by atoms with van der Waals surface area (Å²) in [6.07, 6.45) is 3.99. The van der Waals surface area contributed by atoms with Crippen LogP contribution in [0.5, 0.6) is 0 Å². The predicted molar refractivity (Wildman–Crippen MR) is 50.1 cm³/mol. The minimum absolute atomic E-state index is 0.261. The lowest BCUT2D eigenvalue weighted by Gasteiger charge is -2.28. The summed E-state index contributed by atoms with van der Waals surface area (Å²) in [4.78, 5) is 11.7. The molecule has 3 atom stereocenters. The molecule has 0 aromatic heterocycles. The molecule has 0 heterocycles. The second-order valence-electron chi connectivity index (χ2n) is 4.38. The lowest BCUT2D eigenvalue weighted by molar-refractivity contribution is -0.154. The summed E-state index contributed by atoms with van der Waals surface area (Å²) in [6, 6.07) is 2.22. The quantitative estimate of drug-likeness (QED) is 0.629. The monoisotopic (exact) mass is 193 g/mol. The highest BCUT2D eigenvalue weighted by molar-refractivity contribution is 5.81. The molecule has 3 unspecified atom stereocenters. The van der Waals surface area contributed by atoms with Crippen LogP contribution in [0, 0.1) is 28.6 Å². The van der Waals surface area contributed by atoms with Gasteiger partial charge in [0.25, 0.3) is 0 Å². The first-order valence-corrected chi connectivity index (χ1v) is 5.31. The topological polar surface area (TPSA) is 50.1 Å². The molecule has 2 aliphatic carbocycles. The van der Waals surface area contributed by atoms with Crippen LogP contribution in [0.25, 0.3) is 0 Å². The zero-order valence-corrected chi connectivity index (χ0v) is 8.45. The van der Waals surface area contributed by atoms with Gasteiger partial charge in [-0.2, -0.15) is 5.26 Å². The van der Waals surface area contributed by atoms with Crippen molar-refractivity contribution >= 4 is 5.97 Å². The molecule has 0 amide bonds. The number of esters is 1. The van der Waals surface area contributed by atoms with E-state index in [-0.39, 0.29) is 11.9 Å². The lowest BCUT2D eigenvalue weighted by Crippen LogP contribution is -2.36. The average Bonchev–Trinajstić information content (AvgIpc) is 2.77. The third-order valence-electron chi connectivity index (χ3n) is 3.69. The number of hydrogen-bond donors (Lipinski definition) is 0. The second kappa shape index (κ2) is 3.27. The Kier molecular flexibility index (Phi) is 2.22. The Labute approximate surface area is 84.0 Å². The zero-order chi connectivity index (χ0) is 10.2. The van der Waals surface area contributed by atoms with E-state index in [1.165, 1.54) is 6.42 Å². The fraction of sp³-hybridized carbons (Fsp3) is 0.818. The molecule has 0 aromatic rings. The molecule has 0 spiro atoms. The third kappa shape index (κ3) is 1.13. The first-order chi connectivity index (χ1) is 6.73. The van der Waals surface area contributed by atoms with Gasteiger partial charge < -0.3 is 4.74 Å². The van der Waals surface area contributed by atoms with E-state index >= 15 is 0 Å². The minimum Gasteiger partial charge on any atom is -0.465 e. The molecule has 2 rings (SSSR count). The molecule has 2 fully saturated rings. The summed E-state index contributed by atoms with van der Waals surface area (Å²) in [5.41, 5.74) is -0.793. The van der Waals surface area contributed by atoms with E-state index in [0.29, 0.717) is 12.5 Å². The first kappa shape index (κ1) is 9.51. The third-order valence-corrected chi connectivity index (χ3v) is 3.69. The van der Waals surface area contributed by atoms with Crippen molar-refractivity contribution in [2.24, 2.45) is 17.3 Å². The number of ether oxygens (including phenoxy) is 1. The van der Waals surface area contributed by atoms with Crippen LogP contribution in [0.2, 0.25) is 0 Å². The molecule has 76 valence electrons. The second-order valence-corrected chi connectivity index (χ2v) is 4.38. The van der Waals surface area contributed by atoms with Gasteiger partial charge in [0.15, 0.2) is 5.41 Å². The Balaban J connectivity index is 2.20. The number of carbonyl (C=O) groups is 1. The Bertz CT molecular complexity index is 294. The van der Waals surface area contributed by atoms with Crippen LogP contribution in [0.4, 0.5) is 0 Å². The van der Waals surface area contributed by atoms with E-state index in [9.17, 15) is 10.1 Å². The van der Waals surface area contributed by atoms with Crippen LogP contribution in [-0.4, -0.2) is 12.6 Å². The zero-order valence-electron chi connectivity index (χ0n) is 8.45. The van der Waals surface area contributed by atoms with E-state index in [1.54, 1.807) is 6.92 Å². The van der Waals surface area contributed by atoms with Gasteiger partial charge in [0, 0.05) is 0 Å². The van der Waals surface area contributed by atoms with Crippen molar-refractivity contribution < 1.29 is 9.53 Å². The number of nitrogens with zero attached hydrogens (tertiary/aromatic N) is 1. The van der Waals surface area contributed by atoms with Crippen molar-refractivity contribution in [1.82, 2.24) is 0 Å². The molecular weight excluding hydrogens is 178 g/mol. The first-order valence-electron chi connectivity index (χ1n) is 5.31. The molecule has 0 aromatic carbocycles. The van der Waals surface area contributed by atoms with Gasteiger partial charge in [-0.15, -0.1) is 0 Å². The summed E-state index contributed by atoms with van der Waals surface area (Å²) >= 11 is 0. The van der Waals surface area contributed by atoms with Crippen LogP contribution in [0.1, 0.15) is 32.6 Å². The van der Waals surface area contributed by atoms with Crippen LogP contribution in [-0.2, 0) is 9.53 Å². The van der Waals surface area contributed by atoms with Gasteiger partial charge in [-0.25, -0.2) is 0 Å². The predicted octanol–water partition coefficient (Wildman–Crippen LogP) is 1.88. The number of rotatable bonds is 2.